The van der Waals surface area contributed by atoms with Gasteiger partial charge in [-0.1, -0.05) is 15.9 Å². The average molecular weight is 401 g/mol. The summed E-state index contributed by atoms with van der Waals surface area (Å²) in [5.41, 5.74) is 2.53. The van der Waals surface area contributed by atoms with Crippen molar-refractivity contribution in [1.29, 1.82) is 0 Å². The standard InChI is InChI=1S/C13H11Br2N3O2/c1-8-4-11(7-17-13(8)15)16-6-9-5-10(14)2-3-12(9)18(19)20/h2-5,7,16H,6H2,1H3. The number of hydrogen-bond acceptors (Lipinski definition) is 4. The monoisotopic (exact) mass is 399 g/mol. The lowest BCUT2D eigenvalue weighted by atomic mass is 10.2. The fraction of sp³-hybridized carbons (Fsp3) is 0.154. The van der Waals surface area contributed by atoms with Gasteiger partial charge >= 0.3 is 0 Å². The SMILES string of the molecule is Cc1cc(NCc2cc(Br)ccc2[N+](=O)[O-])cnc1Br. The van der Waals surface area contributed by atoms with Gasteiger partial charge in [-0.25, -0.2) is 4.98 Å². The Morgan fingerprint density at radius 1 is 1.35 bits per heavy atom. The predicted molar refractivity (Wildman–Crippen MR) is 84.8 cm³/mol. The number of nitrogens with one attached hydrogen (secondary N) is 1. The van der Waals surface area contributed by atoms with Crippen molar-refractivity contribution in [2.75, 3.05) is 5.32 Å². The van der Waals surface area contributed by atoms with Gasteiger partial charge in [-0.05, 0) is 46.6 Å². The first-order valence-corrected chi connectivity index (χ1v) is 7.35. The van der Waals surface area contributed by atoms with Gasteiger partial charge in [0.15, 0.2) is 0 Å². The van der Waals surface area contributed by atoms with Crippen molar-refractivity contribution in [3.8, 4) is 0 Å². The molecule has 0 saturated heterocycles. The lowest BCUT2D eigenvalue weighted by Gasteiger charge is -2.08. The molecule has 104 valence electrons. The van der Waals surface area contributed by atoms with Gasteiger partial charge in [-0.3, -0.25) is 10.1 Å². The summed E-state index contributed by atoms with van der Waals surface area (Å²) in [6.07, 6.45) is 1.68. The molecule has 0 aliphatic carbocycles. The zero-order valence-corrected chi connectivity index (χ0v) is 13.7. The van der Waals surface area contributed by atoms with E-state index in [1.807, 2.05) is 13.0 Å². The Morgan fingerprint density at radius 2 is 2.10 bits per heavy atom. The van der Waals surface area contributed by atoms with Crippen LogP contribution in [-0.4, -0.2) is 9.91 Å². The first-order valence-electron chi connectivity index (χ1n) is 5.76. The maximum Gasteiger partial charge on any atom is 0.274 e. The van der Waals surface area contributed by atoms with Gasteiger partial charge in [0.05, 0.1) is 16.8 Å². The highest BCUT2D eigenvalue weighted by Gasteiger charge is 2.13. The third kappa shape index (κ3) is 3.55. The lowest BCUT2D eigenvalue weighted by molar-refractivity contribution is -0.385. The van der Waals surface area contributed by atoms with E-state index in [1.165, 1.54) is 6.07 Å². The highest BCUT2D eigenvalue weighted by molar-refractivity contribution is 9.10. The van der Waals surface area contributed by atoms with Crippen LogP contribution in [0.1, 0.15) is 11.1 Å². The van der Waals surface area contributed by atoms with Crippen LogP contribution in [0, 0.1) is 17.0 Å². The molecule has 0 fully saturated rings. The number of nitrogens with zero attached hydrogens (tertiary/aromatic N) is 2. The molecule has 2 aromatic rings. The Hall–Kier alpha value is -1.47. The predicted octanol–water partition coefficient (Wildman–Crippen LogP) is 4.44. The number of hydrogen-bond donors (Lipinski definition) is 1. The van der Waals surface area contributed by atoms with E-state index in [0.29, 0.717) is 12.1 Å². The van der Waals surface area contributed by atoms with E-state index in [-0.39, 0.29) is 10.6 Å². The minimum atomic E-state index is -0.380. The zero-order valence-electron chi connectivity index (χ0n) is 10.6. The van der Waals surface area contributed by atoms with Crippen molar-refractivity contribution in [1.82, 2.24) is 4.98 Å². The van der Waals surface area contributed by atoms with Gasteiger partial charge in [0, 0.05) is 22.6 Å². The summed E-state index contributed by atoms with van der Waals surface area (Å²) in [5, 5.41) is 14.1. The number of rotatable bonds is 4. The molecule has 0 aliphatic heterocycles. The van der Waals surface area contributed by atoms with Crippen LogP contribution in [-0.2, 0) is 6.54 Å². The maximum absolute atomic E-state index is 11.0. The fourth-order valence-corrected chi connectivity index (χ4v) is 2.35. The van der Waals surface area contributed by atoms with Crippen LogP contribution in [0.25, 0.3) is 0 Å². The average Bonchev–Trinajstić information content (AvgIpc) is 2.40. The largest absolute Gasteiger partial charge is 0.379 e. The van der Waals surface area contributed by atoms with Crippen LogP contribution < -0.4 is 5.32 Å². The summed E-state index contributed by atoms with van der Waals surface area (Å²) >= 11 is 6.66. The maximum atomic E-state index is 11.0. The number of anilines is 1. The summed E-state index contributed by atoms with van der Waals surface area (Å²) in [7, 11) is 0. The summed E-state index contributed by atoms with van der Waals surface area (Å²) in [6.45, 7) is 2.29. The molecule has 1 heterocycles. The molecular formula is C13H11Br2N3O2. The Kier molecular flexibility index (Phi) is 4.72. The number of aryl methyl sites for hydroxylation is 1. The number of nitro groups is 1. The van der Waals surface area contributed by atoms with Crippen molar-refractivity contribution < 1.29 is 4.92 Å². The molecule has 1 aromatic carbocycles. The van der Waals surface area contributed by atoms with Crippen LogP contribution in [0.15, 0.2) is 39.5 Å². The minimum absolute atomic E-state index is 0.0995. The molecule has 0 atom stereocenters. The van der Waals surface area contributed by atoms with Gasteiger partial charge in [-0.2, -0.15) is 0 Å². The van der Waals surface area contributed by atoms with Crippen molar-refractivity contribution in [3.63, 3.8) is 0 Å². The van der Waals surface area contributed by atoms with Crippen LogP contribution in [0.4, 0.5) is 11.4 Å². The van der Waals surface area contributed by atoms with Crippen LogP contribution in [0.2, 0.25) is 0 Å². The number of nitro benzene ring substituents is 1. The Morgan fingerprint density at radius 3 is 2.75 bits per heavy atom. The topological polar surface area (TPSA) is 68.1 Å². The van der Waals surface area contributed by atoms with Crippen LogP contribution in [0.3, 0.4) is 0 Å². The summed E-state index contributed by atoms with van der Waals surface area (Å²) < 4.78 is 1.60. The van der Waals surface area contributed by atoms with E-state index in [4.69, 9.17) is 0 Å². The molecule has 2 rings (SSSR count). The van der Waals surface area contributed by atoms with E-state index in [1.54, 1.807) is 18.3 Å². The van der Waals surface area contributed by atoms with Gasteiger partial charge in [-0.15, -0.1) is 0 Å². The molecule has 1 aromatic heterocycles. The van der Waals surface area contributed by atoms with Gasteiger partial charge in [0.1, 0.15) is 4.60 Å². The molecule has 0 amide bonds. The highest BCUT2D eigenvalue weighted by atomic mass is 79.9. The van der Waals surface area contributed by atoms with E-state index in [2.05, 4.69) is 42.2 Å². The molecule has 5 nitrogen and oxygen atoms in total. The van der Waals surface area contributed by atoms with Gasteiger partial charge < -0.3 is 5.32 Å². The van der Waals surface area contributed by atoms with E-state index in [0.717, 1.165) is 20.3 Å². The molecular weight excluding hydrogens is 390 g/mol. The second-order valence-corrected chi connectivity index (χ2v) is 5.88. The second kappa shape index (κ2) is 6.32. The summed E-state index contributed by atoms with van der Waals surface area (Å²) in [5.74, 6) is 0. The molecule has 20 heavy (non-hydrogen) atoms. The van der Waals surface area contributed by atoms with Crippen molar-refractivity contribution >= 4 is 43.2 Å². The molecule has 0 saturated carbocycles. The van der Waals surface area contributed by atoms with Crippen molar-refractivity contribution in [2.45, 2.75) is 13.5 Å². The van der Waals surface area contributed by atoms with Crippen LogP contribution >= 0.6 is 31.9 Å². The molecule has 0 spiro atoms. The number of aromatic nitrogens is 1. The third-order valence-corrected chi connectivity index (χ3v) is 4.06. The molecule has 0 bridgehead atoms. The third-order valence-electron chi connectivity index (χ3n) is 2.74. The number of benzene rings is 1. The summed E-state index contributed by atoms with van der Waals surface area (Å²) in [6, 6.07) is 6.82. The molecule has 7 heteroatoms. The summed E-state index contributed by atoms with van der Waals surface area (Å²) in [4.78, 5) is 14.8. The van der Waals surface area contributed by atoms with E-state index < -0.39 is 0 Å². The lowest BCUT2D eigenvalue weighted by Crippen LogP contribution is -2.04. The van der Waals surface area contributed by atoms with Crippen LogP contribution in [0.5, 0.6) is 0 Å². The fourth-order valence-electron chi connectivity index (χ4n) is 1.73. The molecule has 0 aliphatic rings. The second-order valence-electron chi connectivity index (χ2n) is 4.22. The Labute approximate surface area is 132 Å². The zero-order chi connectivity index (χ0) is 14.7. The Balaban J connectivity index is 2.20. The van der Waals surface area contributed by atoms with Gasteiger partial charge in [0.25, 0.3) is 5.69 Å². The molecule has 1 N–H and O–H groups in total. The Bertz CT molecular complexity index is 662. The molecule has 0 radical (unpaired) electrons. The van der Waals surface area contributed by atoms with Crippen molar-refractivity contribution in [3.05, 3.63) is 60.8 Å². The smallest absolute Gasteiger partial charge is 0.274 e. The first-order chi connectivity index (χ1) is 9.47. The van der Waals surface area contributed by atoms with E-state index in [9.17, 15) is 10.1 Å². The normalized spacial score (nSPS) is 10.3. The highest BCUT2D eigenvalue weighted by Crippen LogP contribution is 2.24. The minimum Gasteiger partial charge on any atom is -0.379 e. The van der Waals surface area contributed by atoms with E-state index >= 15 is 0 Å². The number of pyridine rings is 1. The molecule has 0 unspecified atom stereocenters. The van der Waals surface area contributed by atoms with Crippen molar-refractivity contribution in [2.24, 2.45) is 0 Å². The quantitative estimate of drug-likeness (QED) is 0.468. The van der Waals surface area contributed by atoms with Gasteiger partial charge in [0.2, 0.25) is 0 Å². The number of halogens is 2. The first kappa shape index (κ1) is 14.9.